The highest BCUT2D eigenvalue weighted by Crippen LogP contribution is 2.39. The standard InChI is InChI=1S/C13H14BrNO4/c1-2-3-15-11(13(16)17)8-6-9(14)12-10(7-8)18-4-5-19-12/h2,6-7,11,15H,1,3-5H2,(H,16,17). The fourth-order valence-corrected chi connectivity index (χ4v) is 2.42. The number of carboxylic acids is 1. The number of aliphatic carboxylic acids is 1. The molecule has 0 aromatic heterocycles. The Bertz CT molecular complexity index is 504. The maximum absolute atomic E-state index is 11.3. The highest BCUT2D eigenvalue weighted by molar-refractivity contribution is 9.10. The van der Waals surface area contributed by atoms with Crippen LogP contribution in [0.15, 0.2) is 29.3 Å². The minimum absolute atomic E-state index is 0.406. The van der Waals surface area contributed by atoms with Gasteiger partial charge in [0.05, 0.1) is 4.47 Å². The van der Waals surface area contributed by atoms with Crippen LogP contribution in [0.3, 0.4) is 0 Å². The minimum atomic E-state index is -0.953. The normalized spacial score (nSPS) is 14.8. The average Bonchev–Trinajstić information content (AvgIpc) is 2.39. The first-order valence-corrected chi connectivity index (χ1v) is 6.59. The lowest BCUT2D eigenvalue weighted by Crippen LogP contribution is -2.28. The van der Waals surface area contributed by atoms with Gasteiger partial charge in [0, 0.05) is 6.54 Å². The Labute approximate surface area is 119 Å². The molecule has 0 aliphatic carbocycles. The molecule has 0 radical (unpaired) electrons. The zero-order valence-electron chi connectivity index (χ0n) is 10.2. The van der Waals surface area contributed by atoms with E-state index in [0.29, 0.717) is 41.3 Å². The van der Waals surface area contributed by atoms with Crippen molar-refractivity contribution in [3.8, 4) is 11.5 Å². The van der Waals surface area contributed by atoms with Gasteiger partial charge in [-0.2, -0.15) is 0 Å². The molecule has 0 amide bonds. The molecule has 0 saturated carbocycles. The average molecular weight is 328 g/mol. The summed E-state index contributed by atoms with van der Waals surface area (Å²) in [7, 11) is 0. The van der Waals surface area contributed by atoms with Gasteiger partial charge in [-0.15, -0.1) is 6.58 Å². The number of carboxylic acid groups (broad SMARTS) is 1. The summed E-state index contributed by atoms with van der Waals surface area (Å²) in [5, 5.41) is 12.1. The molecule has 1 aliphatic rings. The fraction of sp³-hybridized carbons (Fsp3) is 0.308. The Balaban J connectivity index is 2.34. The molecular weight excluding hydrogens is 314 g/mol. The van der Waals surface area contributed by atoms with Crippen LogP contribution in [0.5, 0.6) is 11.5 Å². The molecule has 1 atom stereocenters. The van der Waals surface area contributed by atoms with Crippen LogP contribution in [0.4, 0.5) is 0 Å². The van der Waals surface area contributed by atoms with E-state index in [0.717, 1.165) is 0 Å². The van der Waals surface area contributed by atoms with Gasteiger partial charge >= 0.3 is 5.97 Å². The van der Waals surface area contributed by atoms with E-state index in [1.54, 1.807) is 18.2 Å². The SMILES string of the molecule is C=CCNC(C(=O)O)c1cc(Br)c2c(c1)OCCO2. The number of ether oxygens (including phenoxy) is 2. The van der Waals surface area contributed by atoms with E-state index in [-0.39, 0.29) is 0 Å². The van der Waals surface area contributed by atoms with Gasteiger partial charge < -0.3 is 14.6 Å². The monoisotopic (exact) mass is 327 g/mol. The second-order valence-electron chi connectivity index (χ2n) is 4.00. The molecule has 1 aliphatic heterocycles. The Hall–Kier alpha value is -1.53. The summed E-state index contributed by atoms with van der Waals surface area (Å²) in [4.78, 5) is 11.3. The molecule has 2 N–H and O–H groups in total. The smallest absolute Gasteiger partial charge is 0.325 e. The zero-order chi connectivity index (χ0) is 13.8. The third-order valence-corrected chi connectivity index (χ3v) is 3.25. The molecule has 1 aromatic carbocycles. The van der Waals surface area contributed by atoms with E-state index in [9.17, 15) is 9.90 Å². The number of benzene rings is 1. The minimum Gasteiger partial charge on any atom is -0.486 e. The second-order valence-corrected chi connectivity index (χ2v) is 4.85. The first-order chi connectivity index (χ1) is 9.13. The lowest BCUT2D eigenvalue weighted by atomic mass is 10.1. The molecule has 1 heterocycles. The Morgan fingerprint density at radius 1 is 1.53 bits per heavy atom. The molecular formula is C13H14BrNO4. The highest BCUT2D eigenvalue weighted by Gasteiger charge is 2.23. The van der Waals surface area contributed by atoms with Crippen LogP contribution in [0, 0.1) is 0 Å². The maximum atomic E-state index is 11.3. The lowest BCUT2D eigenvalue weighted by Gasteiger charge is -2.22. The van der Waals surface area contributed by atoms with E-state index in [4.69, 9.17) is 9.47 Å². The highest BCUT2D eigenvalue weighted by atomic mass is 79.9. The summed E-state index contributed by atoms with van der Waals surface area (Å²) in [6.45, 7) is 4.92. The zero-order valence-corrected chi connectivity index (χ0v) is 11.8. The lowest BCUT2D eigenvalue weighted by molar-refractivity contribution is -0.139. The van der Waals surface area contributed by atoms with Crippen molar-refractivity contribution in [1.29, 1.82) is 0 Å². The van der Waals surface area contributed by atoms with Crippen molar-refractivity contribution in [2.24, 2.45) is 0 Å². The van der Waals surface area contributed by atoms with Gasteiger partial charge in [0.15, 0.2) is 11.5 Å². The van der Waals surface area contributed by atoms with Crippen molar-refractivity contribution in [2.75, 3.05) is 19.8 Å². The van der Waals surface area contributed by atoms with Crippen LogP contribution in [0.1, 0.15) is 11.6 Å². The molecule has 5 nitrogen and oxygen atoms in total. The summed E-state index contributed by atoms with van der Waals surface area (Å²) < 4.78 is 11.6. The second kappa shape index (κ2) is 6.08. The van der Waals surface area contributed by atoms with Crippen LogP contribution in [0.25, 0.3) is 0 Å². The molecule has 2 rings (SSSR count). The number of fused-ring (bicyclic) bond motifs is 1. The largest absolute Gasteiger partial charge is 0.486 e. The van der Waals surface area contributed by atoms with Crippen molar-refractivity contribution >= 4 is 21.9 Å². The van der Waals surface area contributed by atoms with Gasteiger partial charge in [0.25, 0.3) is 0 Å². The predicted molar refractivity (Wildman–Crippen MR) is 73.7 cm³/mol. The van der Waals surface area contributed by atoms with Gasteiger partial charge in [-0.25, -0.2) is 0 Å². The predicted octanol–water partition coefficient (Wildman–Crippen LogP) is 2.12. The summed E-state index contributed by atoms with van der Waals surface area (Å²) >= 11 is 3.37. The van der Waals surface area contributed by atoms with Gasteiger partial charge in [0.2, 0.25) is 0 Å². The molecule has 6 heteroatoms. The van der Waals surface area contributed by atoms with Crippen molar-refractivity contribution in [1.82, 2.24) is 5.32 Å². The fourth-order valence-electron chi connectivity index (χ4n) is 1.85. The van der Waals surface area contributed by atoms with Crippen LogP contribution in [0.2, 0.25) is 0 Å². The van der Waals surface area contributed by atoms with Crippen LogP contribution < -0.4 is 14.8 Å². The van der Waals surface area contributed by atoms with Gasteiger partial charge in [-0.05, 0) is 33.6 Å². The molecule has 102 valence electrons. The molecule has 0 bridgehead atoms. The van der Waals surface area contributed by atoms with Crippen molar-refractivity contribution in [3.63, 3.8) is 0 Å². The summed E-state index contributed by atoms with van der Waals surface area (Å²) in [5.41, 5.74) is 0.602. The van der Waals surface area contributed by atoms with E-state index in [2.05, 4.69) is 27.8 Å². The third kappa shape index (κ3) is 3.08. The first-order valence-electron chi connectivity index (χ1n) is 5.79. The summed E-state index contributed by atoms with van der Waals surface area (Å²) in [5.74, 6) is 0.218. The molecule has 19 heavy (non-hydrogen) atoms. The molecule has 1 aromatic rings. The number of nitrogens with one attached hydrogen (secondary N) is 1. The van der Waals surface area contributed by atoms with Crippen LogP contribution in [-0.2, 0) is 4.79 Å². The van der Waals surface area contributed by atoms with Gasteiger partial charge in [-0.1, -0.05) is 6.08 Å². The van der Waals surface area contributed by atoms with Gasteiger partial charge in [0.1, 0.15) is 19.3 Å². The van der Waals surface area contributed by atoms with E-state index >= 15 is 0 Å². The van der Waals surface area contributed by atoms with Crippen molar-refractivity contribution in [3.05, 3.63) is 34.8 Å². The number of hydrogen-bond acceptors (Lipinski definition) is 4. The Kier molecular flexibility index (Phi) is 4.44. The molecule has 0 saturated heterocycles. The number of halogens is 1. The van der Waals surface area contributed by atoms with E-state index in [1.165, 1.54) is 0 Å². The van der Waals surface area contributed by atoms with E-state index < -0.39 is 12.0 Å². The molecule has 0 spiro atoms. The Morgan fingerprint density at radius 3 is 2.95 bits per heavy atom. The van der Waals surface area contributed by atoms with Crippen molar-refractivity contribution < 1.29 is 19.4 Å². The Morgan fingerprint density at radius 2 is 2.26 bits per heavy atom. The third-order valence-electron chi connectivity index (χ3n) is 2.67. The molecule has 1 unspecified atom stereocenters. The quantitative estimate of drug-likeness (QED) is 0.811. The number of carbonyl (C=O) groups is 1. The van der Waals surface area contributed by atoms with Gasteiger partial charge in [-0.3, -0.25) is 10.1 Å². The number of hydrogen-bond donors (Lipinski definition) is 2. The first kappa shape index (κ1) is 13.9. The summed E-state index contributed by atoms with van der Waals surface area (Å²) in [6.07, 6.45) is 1.61. The van der Waals surface area contributed by atoms with E-state index in [1.807, 2.05) is 0 Å². The van der Waals surface area contributed by atoms with Crippen molar-refractivity contribution in [2.45, 2.75) is 6.04 Å². The van der Waals surface area contributed by atoms with Crippen LogP contribution in [-0.4, -0.2) is 30.8 Å². The topological polar surface area (TPSA) is 67.8 Å². The summed E-state index contributed by atoms with van der Waals surface area (Å²) in [6, 6.07) is 2.60. The maximum Gasteiger partial charge on any atom is 0.325 e. The molecule has 0 fully saturated rings. The van der Waals surface area contributed by atoms with Crippen LogP contribution >= 0.6 is 15.9 Å². The number of rotatable bonds is 5.